The van der Waals surface area contributed by atoms with Gasteiger partial charge >= 0.3 is 6.18 Å². The van der Waals surface area contributed by atoms with Gasteiger partial charge in [-0.1, -0.05) is 18.5 Å². The molecule has 0 saturated carbocycles. The smallest absolute Gasteiger partial charge is 0.398 e. The Morgan fingerprint density at radius 2 is 2.13 bits per heavy atom. The maximum absolute atomic E-state index is 12.8. The van der Waals surface area contributed by atoms with Gasteiger partial charge in [0.05, 0.1) is 28.4 Å². The molecule has 0 bridgehead atoms. The number of hydrogen-bond donors (Lipinski definition) is 1. The van der Waals surface area contributed by atoms with Gasteiger partial charge in [-0.2, -0.15) is 23.5 Å². The van der Waals surface area contributed by atoms with Crippen molar-refractivity contribution in [2.45, 2.75) is 18.0 Å². The zero-order valence-corrected chi connectivity index (χ0v) is 16.9. The van der Waals surface area contributed by atoms with E-state index in [4.69, 9.17) is 22.6 Å². The van der Waals surface area contributed by atoms with Gasteiger partial charge in [-0.3, -0.25) is 4.98 Å². The molecule has 3 aromatic rings. The van der Waals surface area contributed by atoms with Gasteiger partial charge in [0.25, 0.3) is 0 Å². The van der Waals surface area contributed by atoms with Gasteiger partial charge in [0.2, 0.25) is 0 Å². The Hall–Kier alpha value is -3.10. The molecule has 0 saturated heterocycles. The van der Waals surface area contributed by atoms with Crippen molar-refractivity contribution in [1.82, 2.24) is 19.7 Å². The van der Waals surface area contributed by atoms with Crippen LogP contribution < -0.4 is 5.73 Å². The van der Waals surface area contributed by atoms with E-state index in [1.54, 1.807) is 12.1 Å². The Bertz CT molecular complexity index is 1150. The van der Waals surface area contributed by atoms with Crippen molar-refractivity contribution in [3.63, 3.8) is 0 Å². The zero-order chi connectivity index (χ0) is 21.9. The number of nitrogen functional groups attached to an aromatic ring is 1. The highest BCUT2D eigenvalue weighted by atomic mass is 35.5. The number of aliphatic imine (C=N–C) groups is 1. The Morgan fingerprint density at radius 3 is 2.73 bits per heavy atom. The maximum Gasteiger partial charge on any atom is 0.433 e. The van der Waals surface area contributed by atoms with E-state index in [-0.39, 0.29) is 22.2 Å². The highest BCUT2D eigenvalue weighted by Crippen LogP contribution is 2.32. The molecule has 0 fully saturated rings. The molecule has 0 amide bonds. The molecule has 0 unspecified atom stereocenters. The summed E-state index contributed by atoms with van der Waals surface area (Å²) in [5.41, 5.74) is 4.81. The molecule has 3 aromatic heterocycles. The predicted molar refractivity (Wildman–Crippen MR) is 108 cm³/mol. The second-order valence-corrected chi connectivity index (χ2v) is 7.43. The van der Waals surface area contributed by atoms with Crippen LogP contribution in [0.1, 0.15) is 23.7 Å². The molecular formula is C18H13ClF3N7S. The number of nitriles is 1. The van der Waals surface area contributed by atoms with E-state index in [2.05, 4.69) is 20.1 Å². The Kier molecular flexibility index (Phi) is 6.28. The molecule has 2 N–H and O–H groups in total. The summed E-state index contributed by atoms with van der Waals surface area (Å²) in [6.07, 6.45) is -0.807. The standard InChI is InChI=1S/C18H13ClF3N7S/c1-2-30-13-3-4-15(29-9-10(6-23)7-26-29)27-17(13)28-16(19)11-8-25-14(5-12(11)24)18(20,21)22/h3-5,7-9H,2H2,1H3,(H2,24,25). The topological polar surface area (TPSA) is 106 Å². The van der Waals surface area contributed by atoms with Gasteiger partial charge in [0.1, 0.15) is 16.9 Å². The lowest BCUT2D eigenvalue weighted by Crippen LogP contribution is -2.10. The summed E-state index contributed by atoms with van der Waals surface area (Å²) in [6.45, 7) is 1.94. The van der Waals surface area contributed by atoms with Crippen LogP contribution in [0, 0.1) is 11.3 Å². The summed E-state index contributed by atoms with van der Waals surface area (Å²) in [4.78, 5) is 12.7. The van der Waals surface area contributed by atoms with Crippen molar-refractivity contribution < 1.29 is 13.2 Å². The van der Waals surface area contributed by atoms with Crippen LogP contribution in [0.5, 0.6) is 0 Å². The van der Waals surface area contributed by atoms with Crippen LogP contribution >= 0.6 is 23.4 Å². The number of hydrogen-bond acceptors (Lipinski definition) is 7. The van der Waals surface area contributed by atoms with E-state index in [1.807, 2.05) is 13.0 Å². The lowest BCUT2D eigenvalue weighted by atomic mass is 10.2. The fraction of sp³-hybridized carbons (Fsp3) is 0.167. The average Bonchev–Trinajstić information content (AvgIpc) is 3.18. The molecule has 0 spiro atoms. The fourth-order valence-corrected chi connectivity index (χ4v) is 3.29. The van der Waals surface area contributed by atoms with Crippen LogP contribution in [0.15, 0.2) is 46.7 Å². The number of thioether (sulfide) groups is 1. The second kappa shape index (κ2) is 8.73. The summed E-state index contributed by atoms with van der Waals surface area (Å²) in [5.74, 6) is 1.35. The number of rotatable bonds is 5. The van der Waals surface area contributed by atoms with Crippen molar-refractivity contribution in [3.05, 3.63) is 53.6 Å². The lowest BCUT2D eigenvalue weighted by Gasteiger charge is -2.10. The third-order valence-electron chi connectivity index (χ3n) is 3.72. The molecule has 0 atom stereocenters. The van der Waals surface area contributed by atoms with Gasteiger partial charge < -0.3 is 5.73 Å². The molecule has 3 rings (SSSR count). The first-order valence-electron chi connectivity index (χ1n) is 8.39. The van der Waals surface area contributed by atoms with Gasteiger partial charge in [-0.05, 0) is 24.0 Å². The molecule has 30 heavy (non-hydrogen) atoms. The first-order chi connectivity index (χ1) is 14.2. The van der Waals surface area contributed by atoms with Crippen LogP contribution in [-0.4, -0.2) is 30.7 Å². The Morgan fingerprint density at radius 1 is 1.37 bits per heavy atom. The van der Waals surface area contributed by atoms with Crippen LogP contribution in [0.4, 0.5) is 24.7 Å². The summed E-state index contributed by atoms with van der Waals surface area (Å²) in [5, 5.41) is 12.9. The lowest BCUT2D eigenvalue weighted by molar-refractivity contribution is -0.141. The first-order valence-corrected chi connectivity index (χ1v) is 9.75. The Labute approximate surface area is 178 Å². The number of anilines is 1. The first kappa shape index (κ1) is 21.6. The van der Waals surface area contributed by atoms with Gasteiger partial charge in [0.15, 0.2) is 11.6 Å². The van der Waals surface area contributed by atoms with E-state index in [1.165, 1.54) is 28.8 Å². The SMILES string of the molecule is CCSc1ccc(-n2cc(C#N)cn2)nc1N=C(Cl)c1cnc(C(F)(F)F)cc1N. The fourth-order valence-electron chi connectivity index (χ4n) is 2.36. The van der Waals surface area contributed by atoms with Crippen molar-refractivity contribution in [3.8, 4) is 11.9 Å². The van der Waals surface area contributed by atoms with Crippen LogP contribution in [0.25, 0.3) is 5.82 Å². The predicted octanol–water partition coefficient (Wildman–Crippen LogP) is 4.56. The van der Waals surface area contributed by atoms with Crippen molar-refractivity contribution >= 4 is 40.0 Å². The minimum atomic E-state index is -4.62. The molecule has 12 heteroatoms. The molecule has 0 radical (unpaired) electrons. The highest BCUT2D eigenvalue weighted by molar-refractivity contribution is 7.99. The number of nitrogens with two attached hydrogens (primary N) is 1. The van der Waals surface area contributed by atoms with Crippen molar-refractivity contribution in [2.75, 3.05) is 11.5 Å². The van der Waals surface area contributed by atoms with Gasteiger partial charge in [0, 0.05) is 11.9 Å². The van der Waals surface area contributed by atoms with E-state index in [0.29, 0.717) is 22.3 Å². The number of halogens is 4. The summed E-state index contributed by atoms with van der Waals surface area (Å²) < 4.78 is 39.8. The van der Waals surface area contributed by atoms with E-state index < -0.39 is 11.9 Å². The number of pyridine rings is 2. The summed E-state index contributed by atoms with van der Waals surface area (Å²) >= 11 is 7.70. The largest absolute Gasteiger partial charge is 0.433 e. The molecule has 0 aliphatic heterocycles. The maximum atomic E-state index is 12.8. The quantitative estimate of drug-likeness (QED) is 0.450. The monoisotopic (exact) mass is 451 g/mol. The molecule has 154 valence electrons. The van der Waals surface area contributed by atoms with Crippen LogP contribution in [0.3, 0.4) is 0 Å². The zero-order valence-electron chi connectivity index (χ0n) is 15.4. The number of nitrogens with zero attached hydrogens (tertiary/aromatic N) is 6. The average molecular weight is 452 g/mol. The molecule has 3 heterocycles. The van der Waals surface area contributed by atoms with Crippen molar-refractivity contribution in [1.29, 1.82) is 5.26 Å². The second-order valence-electron chi connectivity index (χ2n) is 5.77. The highest BCUT2D eigenvalue weighted by Gasteiger charge is 2.33. The molecule has 0 aliphatic rings. The molecule has 7 nitrogen and oxygen atoms in total. The molecule has 0 aliphatic carbocycles. The third-order valence-corrected chi connectivity index (χ3v) is 4.93. The van der Waals surface area contributed by atoms with Crippen LogP contribution in [0.2, 0.25) is 0 Å². The van der Waals surface area contributed by atoms with E-state index in [0.717, 1.165) is 11.9 Å². The van der Waals surface area contributed by atoms with Gasteiger partial charge in [-0.25, -0.2) is 14.7 Å². The van der Waals surface area contributed by atoms with E-state index in [9.17, 15) is 13.2 Å². The Balaban J connectivity index is 2.03. The third kappa shape index (κ3) is 4.72. The number of aromatic nitrogens is 4. The minimum Gasteiger partial charge on any atom is -0.398 e. The van der Waals surface area contributed by atoms with E-state index >= 15 is 0 Å². The van der Waals surface area contributed by atoms with Crippen molar-refractivity contribution in [2.24, 2.45) is 4.99 Å². The minimum absolute atomic E-state index is 0.0511. The summed E-state index contributed by atoms with van der Waals surface area (Å²) in [7, 11) is 0. The molecule has 0 aromatic carbocycles. The van der Waals surface area contributed by atoms with Crippen LogP contribution in [-0.2, 0) is 6.18 Å². The summed E-state index contributed by atoms with van der Waals surface area (Å²) in [6, 6.07) is 6.14. The van der Waals surface area contributed by atoms with Gasteiger partial charge in [-0.15, -0.1) is 11.8 Å². The number of alkyl halides is 3. The molecular weight excluding hydrogens is 439 g/mol. The normalized spacial score (nSPS) is 12.1.